The first kappa shape index (κ1) is 13.3. The fourth-order valence-corrected chi connectivity index (χ4v) is 3.68. The lowest BCUT2D eigenvalue weighted by Crippen LogP contribution is -2.02. The van der Waals surface area contributed by atoms with Crippen LogP contribution in [0.4, 0.5) is 0 Å². The molecule has 19 heavy (non-hydrogen) atoms. The van der Waals surface area contributed by atoms with E-state index in [0.29, 0.717) is 0 Å². The molecule has 2 aromatic heterocycles. The van der Waals surface area contributed by atoms with E-state index >= 15 is 0 Å². The number of aromatic nitrogens is 3. The second kappa shape index (κ2) is 5.75. The number of rotatable bonds is 4. The highest BCUT2D eigenvalue weighted by Gasteiger charge is 2.14. The molecule has 0 spiro atoms. The summed E-state index contributed by atoms with van der Waals surface area (Å²) < 4.78 is 3.90. The second-order valence-corrected chi connectivity index (χ2v) is 6.70. The zero-order valence-corrected chi connectivity index (χ0v) is 13.3. The van der Waals surface area contributed by atoms with Crippen molar-refractivity contribution in [1.82, 2.24) is 14.5 Å². The molecule has 0 amide bonds. The van der Waals surface area contributed by atoms with Crippen molar-refractivity contribution < 1.29 is 0 Å². The van der Waals surface area contributed by atoms with Crippen LogP contribution in [0.5, 0.6) is 0 Å². The van der Waals surface area contributed by atoms with Crippen LogP contribution in [0, 0.1) is 10.7 Å². The van der Waals surface area contributed by atoms with Gasteiger partial charge < -0.3 is 9.55 Å². The van der Waals surface area contributed by atoms with E-state index in [1.165, 1.54) is 38.5 Å². The van der Waals surface area contributed by atoms with Crippen LogP contribution in [0.3, 0.4) is 0 Å². The number of aromatic amines is 1. The monoisotopic (exact) mass is 339 g/mol. The lowest BCUT2D eigenvalue weighted by Gasteiger charge is -2.09. The van der Waals surface area contributed by atoms with Gasteiger partial charge in [-0.1, -0.05) is 25.7 Å². The highest BCUT2D eigenvalue weighted by Crippen LogP contribution is 2.29. The summed E-state index contributed by atoms with van der Waals surface area (Å²) in [5.74, 6) is 0.946. The number of hydrogen-bond donors (Lipinski definition) is 1. The summed E-state index contributed by atoms with van der Waals surface area (Å²) in [6.45, 7) is 0.976. The van der Waals surface area contributed by atoms with Gasteiger partial charge >= 0.3 is 0 Å². The maximum absolute atomic E-state index is 5.40. The van der Waals surface area contributed by atoms with Gasteiger partial charge in [0.1, 0.15) is 0 Å². The van der Waals surface area contributed by atoms with Gasteiger partial charge in [0.15, 0.2) is 10.4 Å². The summed E-state index contributed by atoms with van der Waals surface area (Å²) in [4.78, 5) is 7.70. The Morgan fingerprint density at radius 3 is 3.00 bits per heavy atom. The van der Waals surface area contributed by atoms with Gasteiger partial charge in [-0.05, 0) is 53.0 Å². The molecule has 2 aromatic rings. The van der Waals surface area contributed by atoms with Gasteiger partial charge in [-0.2, -0.15) is 0 Å². The average molecular weight is 340 g/mol. The highest BCUT2D eigenvalue weighted by atomic mass is 79.9. The van der Waals surface area contributed by atoms with Crippen LogP contribution in [0.15, 0.2) is 16.7 Å². The Balaban J connectivity index is 1.73. The minimum Gasteiger partial charge on any atom is -0.329 e. The molecule has 2 heterocycles. The molecule has 1 N–H and O–H groups in total. The zero-order valence-electron chi connectivity index (χ0n) is 10.9. The van der Waals surface area contributed by atoms with E-state index in [-0.39, 0.29) is 0 Å². The van der Waals surface area contributed by atoms with Crippen molar-refractivity contribution in [2.45, 2.75) is 45.1 Å². The van der Waals surface area contributed by atoms with Crippen LogP contribution in [0.25, 0.3) is 11.2 Å². The molecular weight excluding hydrogens is 322 g/mol. The van der Waals surface area contributed by atoms with Crippen molar-refractivity contribution in [3.05, 3.63) is 21.5 Å². The molecule has 5 heteroatoms. The largest absolute Gasteiger partial charge is 0.329 e. The fourth-order valence-electron chi connectivity index (χ4n) is 3.06. The van der Waals surface area contributed by atoms with Crippen molar-refractivity contribution in [2.24, 2.45) is 5.92 Å². The van der Waals surface area contributed by atoms with Gasteiger partial charge in [0, 0.05) is 17.2 Å². The third-order valence-corrected chi connectivity index (χ3v) is 4.80. The topological polar surface area (TPSA) is 33.6 Å². The molecule has 3 rings (SSSR count). The molecule has 0 atom stereocenters. The normalized spacial score (nSPS) is 16.5. The zero-order chi connectivity index (χ0) is 13.2. The van der Waals surface area contributed by atoms with Gasteiger partial charge in [-0.25, -0.2) is 4.98 Å². The van der Waals surface area contributed by atoms with Crippen LogP contribution >= 0.6 is 28.1 Å². The molecule has 0 unspecified atom stereocenters. The van der Waals surface area contributed by atoms with Crippen molar-refractivity contribution in [2.75, 3.05) is 0 Å². The van der Waals surface area contributed by atoms with E-state index in [1.54, 1.807) is 0 Å². The quantitative estimate of drug-likeness (QED) is 0.809. The van der Waals surface area contributed by atoms with Crippen LogP contribution in [-0.4, -0.2) is 14.5 Å². The van der Waals surface area contributed by atoms with Gasteiger partial charge in [-0.3, -0.25) is 0 Å². The van der Waals surface area contributed by atoms with E-state index in [2.05, 4.69) is 30.5 Å². The van der Waals surface area contributed by atoms with Gasteiger partial charge in [-0.15, -0.1) is 0 Å². The summed E-state index contributed by atoms with van der Waals surface area (Å²) in [5.41, 5.74) is 1.99. The number of fused-ring (bicyclic) bond motifs is 1. The lowest BCUT2D eigenvalue weighted by molar-refractivity contribution is 0.459. The van der Waals surface area contributed by atoms with E-state index in [1.807, 2.05) is 12.3 Å². The summed E-state index contributed by atoms with van der Waals surface area (Å²) >= 11 is 8.83. The van der Waals surface area contributed by atoms with Crippen LogP contribution < -0.4 is 0 Å². The summed E-state index contributed by atoms with van der Waals surface area (Å²) in [6, 6.07) is 2.03. The first-order valence-corrected chi connectivity index (χ1v) is 8.18. The standard InChI is InChI=1S/C14H18BrN3S/c15-11-8-12-13(16-9-11)18(14(19)17-12)7-3-6-10-4-1-2-5-10/h8-10H,1-7H2,(H,17,19). The van der Waals surface area contributed by atoms with Crippen molar-refractivity contribution in [1.29, 1.82) is 0 Å². The Kier molecular flexibility index (Phi) is 4.03. The SMILES string of the molecule is S=c1[nH]c2cc(Br)cnc2n1CCCC1CCCC1. The Morgan fingerprint density at radius 1 is 1.42 bits per heavy atom. The molecule has 3 nitrogen and oxygen atoms in total. The third kappa shape index (κ3) is 2.92. The molecule has 102 valence electrons. The summed E-state index contributed by atoms with van der Waals surface area (Å²) in [7, 11) is 0. The first-order valence-electron chi connectivity index (χ1n) is 6.98. The van der Waals surface area contributed by atoms with Crippen molar-refractivity contribution in [3.63, 3.8) is 0 Å². The Hall–Kier alpha value is -0.680. The Morgan fingerprint density at radius 2 is 2.21 bits per heavy atom. The molecule has 1 aliphatic rings. The number of hydrogen-bond acceptors (Lipinski definition) is 2. The first-order chi connectivity index (χ1) is 9.24. The molecule has 0 bridgehead atoms. The predicted molar refractivity (Wildman–Crippen MR) is 83.8 cm³/mol. The molecule has 1 fully saturated rings. The smallest absolute Gasteiger partial charge is 0.179 e. The lowest BCUT2D eigenvalue weighted by atomic mass is 10.0. The molecule has 0 aliphatic heterocycles. The van der Waals surface area contributed by atoms with Gasteiger partial charge in [0.05, 0.1) is 5.52 Å². The third-order valence-electron chi connectivity index (χ3n) is 4.04. The maximum atomic E-state index is 5.40. The number of nitrogens with zero attached hydrogens (tertiary/aromatic N) is 2. The van der Waals surface area contributed by atoms with Crippen LogP contribution in [0.2, 0.25) is 0 Å². The molecule has 0 radical (unpaired) electrons. The molecular formula is C14H18BrN3S. The van der Waals surface area contributed by atoms with Gasteiger partial charge in [0.2, 0.25) is 0 Å². The number of imidazole rings is 1. The van der Waals surface area contributed by atoms with Crippen LogP contribution in [-0.2, 0) is 6.54 Å². The van der Waals surface area contributed by atoms with E-state index in [4.69, 9.17) is 12.2 Å². The summed E-state index contributed by atoms with van der Waals surface area (Å²) in [6.07, 6.45) is 10.0. The minimum absolute atomic E-state index is 0.784. The summed E-state index contributed by atoms with van der Waals surface area (Å²) in [5, 5.41) is 0. The van der Waals surface area contributed by atoms with Crippen molar-refractivity contribution in [3.8, 4) is 0 Å². The van der Waals surface area contributed by atoms with Crippen LogP contribution in [0.1, 0.15) is 38.5 Å². The Bertz CT molecular complexity index is 625. The van der Waals surface area contributed by atoms with E-state index < -0.39 is 0 Å². The predicted octanol–water partition coefficient (Wildman–Crippen LogP) is 4.83. The van der Waals surface area contributed by atoms with Crippen molar-refractivity contribution >= 4 is 39.3 Å². The average Bonchev–Trinajstić information content (AvgIpc) is 2.98. The highest BCUT2D eigenvalue weighted by molar-refractivity contribution is 9.10. The number of pyridine rings is 1. The van der Waals surface area contributed by atoms with E-state index in [0.717, 1.165) is 32.9 Å². The number of nitrogens with one attached hydrogen (secondary N) is 1. The minimum atomic E-state index is 0.784. The number of aryl methyl sites for hydroxylation is 1. The maximum Gasteiger partial charge on any atom is 0.179 e. The molecule has 0 saturated heterocycles. The fraction of sp³-hybridized carbons (Fsp3) is 0.571. The molecule has 0 aromatic carbocycles. The second-order valence-electron chi connectivity index (χ2n) is 5.40. The molecule has 1 saturated carbocycles. The van der Waals surface area contributed by atoms with E-state index in [9.17, 15) is 0 Å². The Labute approximate surface area is 126 Å². The van der Waals surface area contributed by atoms with Gasteiger partial charge in [0.25, 0.3) is 0 Å². The number of H-pyrrole nitrogens is 1. The number of halogens is 1. The molecule has 1 aliphatic carbocycles.